The molecule has 0 atom stereocenters. The van der Waals surface area contributed by atoms with E-state index < -0.39 is 0 Å². The largest absolute Gasteiger partial charge is 0.496 e. The normalized spacial score (nSPS) is 10.2. The van der Waals surface area contributed by atoms with Crippen LogP contribution >= 0.6 is 11.6 Å². The number of aryl methyl sites for hydroxylation is 1. The van der Waals surface area contributed by atoms with Crippen molar-refractivity contribution < 1.29 is 9.53 Å². The highest BCUT2D eigenvalue weighted by molar-refractivity contribution is 6.35. The maximum atomic E-state index is 12.4. The molecule has 3 heteroatoms. The standard InChI is InChI=1S/C15H13ClO2/c1-10-7-8-12(14(9-10)18-2)15(17)11-5-3-4-6-13(11)16/h3-9H,1-2H3. The van der Waals surface area contributed by atoms with Gasteiger partial charge in [-0.3, -0.25) is 4.79 Å². The lowest BCUT2D eigenvalue weighted by molar-refractivity contribution is 0.103. The fourth-order valence-electron chi connectivity index (χ4n) is 1.78. The molecule has 2 rings (SSSR count). The van der Waals surface area contributed by atoms with Crippen molar-refractivity contribution in [1.29, 1.82) is 0 Å². The van der Waals surface area contributed by atoms with E-state index in [9.17, 15) is 4.79 Å². The fraction of sp³-hybridized carbons (Fsp3) is 0.133. The van der Waals surface area contributed by atoms with Crippen LogP contribution in [0.4, 0.5) is 0 Å². The zero-order valence-corrected chi connectivity index (χ0v) is 11.0. The van der Waals surface area contributed by atoms with Crippen molar-refractivity contribution in [3.8, 4) is 5.75 Å². The molecular weight excluding hydrogens is 248 g/mol. The van der Waals surface area contributed by atoms with E-state index in [4.69, 9.17) is 16.3 Å². The average molecular weight is 261 g/mol. The van der Waals surface area contributed by atoms with Crippen molar-refractivity contribution >= 4 is 17.4 Å². The second kappa shape index (κ2) is 5.23. The van der Waals surface area contributed by atoms with Crippen LogP contribution < -0.4 is 4.74 Å². The van der Waals surface area contributed by atoms with Gasteiger partial charge in [-0.15, -0.1) is 0 Å². The van der Waals surface area contributed by atoms with Crippen molar-refractivity contribution in [2.24, 2.45) is 0 Å². The topological polar surface area (TPSA) is 26.3 Å². The third-order valence-corrected chi connectivity index (χ3v) is 3.05. The van der Waals surface area contributed by atoms with Gasteiger partial charge in [-0.2, -0.15) is 0 Å². The number of methoxy groups -OCH3 is 1. The first kappa shape index (κ1) is 12.7. The van der Waals surface area contributed by atoms with Gasteiger partial charge in [0.2, 0.25) is 0 Å². The molecular formula is C15H13ClO2. The lowest BCUT2D eigenvalue weighted by Gasteiger charge is -2.09. The van der Waals surface area contributed by atoms with Gasteiger partial charge in [0.05, 0.1) is 17.7 Å². The monoisotopic (exact) mass is 260 g/mol. The minimum absolute atomic E-state index is 0.127. The Labute approximate surface area is 111 Å². The Hall–Kier alpha value is -1.80. The number of rotatable bonds is 3. The molecule has 0 spiro atoms. The minimum Gasteiger partial charge on any atom is -0.496 e. The molecule has 0 amide bonds. The summed E-state index contributed by atoms with van der Waals surface area (Å²) >= 11 is 6.03. The smallest absolute Gasteiger partial charge is 0.198 e. The van der Waals surface area contributed by atoms with E-state index >= 15 is 0 Å². The van der Waals surface area contributed by atoms with Crippen molar-refractivity contribution in [3.05, 3.63) is 64.2 Å². The summed E-state index contributed by atoms with van der Waals surface area (Å²) in [6.45, 7) is 1.95. The number of hydrogen-bond donors (Lipinski definition) is 0. The second-order valence-corrected chi connectivity index (χ2v) is 4.42. The van der Waals surface area contributed by atoms with E-state index in [0.29, 0.717) is 21.9 Å². The molecule has 0 unspecified atom stereocenters. The Bertz CT molecular complexity index is 591. The third kappa shape index (κ3) is 2.39. The van der Waals surface area contributed by atoms with Crippen LogP contribution in [-0.2, 0) is 0 Å². The quantitative estimate of drug-likeness (QED) is 0.783. The molecule has 18 heavy (non-hydrogen) atoms. The molecule has 0 saturated heterocycles. The van der Waals surface area contributed by atoms with Crippen LogP contribution in [0.3, 0.4) is 0 Å². The molecule has 92 valence electrons. The first-order valence-electron chi connectivity index (χ1n) is 5.57. The van der Waals surface area contributed by atoms with Gasteiger partial charge < -0.3 is 4.74 Å². The van der Waals surface area contributed by atoms with Crippen LogP contribution in [0.15, 0.2) is 42.5 Å². The molecule has 2 aromatic rings. The summed E-state index contributed by atoms with van der Waals surface area (Å²) < 4.78 is 5.24. The molecule has 0 N–H and O–H groups in total. The van der Waals surface area contributed by atoms with Crippen LogP contribution in [0.5, 0.6) is 5.75 Å². The number of benzene rings is 2. The summed E-state index contributed by atoms with van der Waals surface area (Å²) in [4.78, 5) is 12.4. The van der Waals surface area contributed by atoms with Crippen molar-refractivity contribution in [2.75, 3.05) is 7.11 Å². The van der Waals surface area contributed by atoms with E-state index in [0.717, 1.165) is 5.56 Å². The first-order chi connectivity index (χ1) is 8.63. The zero-order valence-electron chi connectivity index (χ0n) is 10.2. The zero-order chi connectivity index (χ0) is 13.1. The van der Waals surface area contributed by atoms with Gasteiger partial charge in [0.1, 0.15) is 5.75 Å². The van der Waals surface area contributed by atoms with Crippen LogP contribution in [0.1, 0.15) is 21.5 Å². The number of halogens is 1. The molecule has 0 fully saturated rings. The molecule has 0 aliphatic heterocycles. The van der Waals surface area contributed by atoms with Gasteiger partial charge in [-0.1, -0.05) is 29.8 Å². The molecule has 2 nitrogen and oxygen atoms in total. The lowest BCUT2D eigenvalue weighted by Crippen LogP contribution is -2.04. The summed E-state index contributed by atoms with van der Waals surface area (Å²) in [7, 11) is 1.55. The van der Waals surface area contributed by atoms with Crippen LogP contribution in [0.2, 0.25) is 5.02 Å². The van der Waals surface area contributed by atoms with Gasteiger partial charge in [-0.25, -0.2) is 0 Å². The molecule has 2 aromatic carbocycles. The highest BCUT2D eigenvalue weighted by atomic mass is 35.5. The van der Waals surface area contributed by atoms with Gasteiger partial charge >= 0.3 is 0 Å². The molecule has 0 aliphatic carbocycles. The van der Waals surface area contributed by atoms with Gasteiger partial charge in [0.25, 0.3) is 0 Å². The number of ketones is 1. The van der Waals surface area contributed by atoms with Crippen LogP contribution in [0, 0.1) is 6.92 Å². The van der Waals surface area contributed by atoms with Crippen molar-refractivity contribution in [2.45, 2.75) is 6.92 Å². The summed E-state index contributed by atoms with van der Waals surface area (Å²) in [5.74, 6) is 0.442. The van der Waals surface area contributed by atoms with E-state index in [-0.39, 0.29) is 5.78 Å². The van der Waals surface area contributed by atoms with E-state index in [1.807, 2.05) is 19.1 Å². The summed E-state index contributed by atoms with van der Waals surface area (Å²) in [6, 6.07) is 12.5. The Morgan fingerprint density at radius 3 is 2.50 bits per heavy atom. The highest BCUT2D eigenvalue weighted by Crippen LogP contribution is 2.25. The molecule has 0 bridgehead atoms. The third-order valence-electron chi connectivity index (χ3n) is 2.72. The molecule has 0 aromatic heterocycles. The summed E-state index contributed by atoms with van der Waals surface area (Å²) in [5, 5.41) is 0.449. The molecule has 0 heterocycles. The highest BCUT2D eigenvalue weighted by Gasteiger charge is 2.16. The molecule has 0 saturated carbocycles. The van der Waals surface area contributed by atoms with Crippen molar-refractivity contribution in [1.82, 2.24) is 0 Å². The first-order valence-corrected chi connectivity index (χ1v) is 5.95. The fourth-order valence-corrected chi connectivity index (χ4v) is 2.00. The van der Waals surface area contributed by atoms with E-state index in [1.165, 1.54) is 0 Å². The Kier molecular flexibility index (Phi) is 3.68. The SMILES string of the molecule is COc1cc(C)ccc1C(=O)c1ccccc1Cl. The van der Waals surface area contributed by atoms with Crippen LogP contribution in [-0.4, -0.2) is 12.9 Å². The Balaban J connectivity index is 2.50. The van der Waals surface area contributed by atoms with Crippen molar-refractivity contribution in [3.63, 3.8) is 0 Å². The summed E-state index contributed by atoms with van der Waals surface area (Å²) in [5.41, 5.74) is 2.06. The number of carbonyl (C=O) groups is 1. The Morgan fingerprint density at radius 2 is 1.83 bits per heavy atom. The number of ether oxygens (including phenoxy) is 1. The molecule has 0 radical (unpaired) electrons. The van der Waals surface area contributed by atoms with E-state index in [2.05, 4.69) is 0 Å². The predicted molar refractivity (Wildman–Crippen MR) is 72.6 cm³/mol. The predicted octanol–water partition coefficient (Wildman–Crippen LogP) is 3.89. The lowest BCUT2D eigenvalue weighted by atomic mass is 10.0. The van der Waals surface area contributed by atoms with Gasteiger partial charge in [0, 0.05) is 5.56 Å². The summed E-state index contributed by atoms with van der Waals surface area (Å²) in [6.07, 6.45) is 0. The van der Waals surface area contributed by atoms with Crippen LogP contribution in [0.25, 0.3) is 0 Å². The second-order valence-electron chi connectivity index (χ2n) is 4.01. The van der Waals surface area contributed by atoms with E-state index in [1.54, 1.807) is 37.4 Å². The number of carbonyl (C=O) groups excluding carboxylic acids is 1. The minimum atomic E-state index is -0.127. The average Bonchev–Trinajstić information content (AvgIpc) is 2.38. The Morgan fingerprint density at radius 1 is 1.11 bits per heavy atom. The van der Waals surface area contributed by atoms with Gasteiger partial charge in [0.15, 0.2) is 5.78 Å². The van der Waals surface area contributed by atoms with Gasteiger partial charge in [-0.05, 0) is 36.8 Å². The number of hydrogen-bond acceptors (Lipinski definition) is 2. The maximum absolute atomic E-state index is 12.4. The maximum Gasteiger partial charge on any atom is 0.198 e. The molecule has 0 aliphatic rings.